The number of fused-ring (bicyclic) bond motifs is 1. The zero-order valence-corrected chi connectivity index (χ0v) is 19.8. The number of carbonyl (C=O) groups excluding carboxylic acids is 1. The van der Waals surface area contributed by atoms with Crippen LogP contribution in [0.2, 0.25) is 0 Å². The van der Waals surface area contributed by atoms with Gasteiger partial charge in [-0.1, -0.05) is 24.3 Å². The van der Waals surface area contributed by atoms with E-state index in [-0.39, 0.29) is 5.91 Å². The molecule has 32 heavy (non-hydrogen) atoms. The predicted molar refractivity (Wildman–Crippen MR) is 127 cm³/mol. The van der Waals surface area contributed by atoms with E-state index in [1.54, 1.807) is 21.3 Å². The summed E-state index contributed by atoms with van der Waals surface area (Å²) < 4.78 is 10.8. The number of nitrogens with zero attached hydrogens (tertiary/aromatic N) is 3. The van der Waals surface area contributed by atoms with Crippen molar-refractivity contribution in [2.75, 3.05) is 34.9 Å². The summed E-state index contributed by atoms with van der Waals surface area (Å²) in [6, 6.07) is 12.3. The highest BCUT2D eigenvalue weighted by Gasteiger charge is 2.22. The lowest BCUT2D eigenvalue weighted by atomic mass is 10.1. The molecule has 3 rings (SSSR count). The van der Waals surface area contributed by atoms with Gasteiger partial charge < -0.3 is 24.6 Å². The van der Waals surface area contributed by atoms with E-state index < -0.39 is 0 Å². The van der Waals surface area contributed by atoms with Crippen LogP contribution in [0.3, 0.4) is 0 Å². The number of hydrogen-bond acceptors (Lipinski definition) is 4. The molecule has 7 nitrogen and oxygen atoms in total. The van der Waals surface area contributed by atoms with Crippen molar-refractivity contribution in [1.29, 1.82) is 0 Å². The lowest BCUT2D eigenvalue weighted by Gasteiger charge is -2.24. The molecule has 1 aliphatic heterocycles. The van der Waals surface area contributed by atoms with Crippen LogP contribution < -0.4 is 14.8 Å². The third-order valence-corrected chi connectivity index (χ3v) is 5.87. The fourth-order valence-corrected chi connectivity index (χ4v) is 4.02. The topological polar surface area (TPSA) is 66.4 Å². The van der Waals surface area contributed by atoms with Crippen LogP contribution in [0.4, 0.5) is 0 Å². The molecule has 2 aromatic rings. The Kier molecular flexibility index (Phi) is 7.98. The van der Waals surface area contributed by atoms with Gasteiger partial charge in [0.25, 0.3) is 0 Å². The zero-order valence-electron chi connectivity index (χ0n) is 19.8. The van der Waals surface area contributed by atoms with Gasteiger partial charge in [-0.15, -0.1) is 0 Å². The van der Waals surface area contributed by atoms with E-state index in [1.807, 2.05) is 36.2 Å². The second kappa shape index (κ2) is 10.9. The van der Waals surface area contributed by atoms with Gasteiger partial charge in [0.1, 0.15) is 0 Å². The molecule has 7 heteroatoms. The van der Waals surface area contributed by atoms with Gasteiger partial charge in [0.15, 0.2) is 17.5 Å². The van der Waals surface area contributed by atoms with Crippen molar-refractivity contribution in [3.8, 4) is 11.5 Å². The average Bonchev–Trinajstić information content (AvgIpc) is 3.24. The Bertz CT molecular complexity index is 949. The Hall–Kier alpha value is -3.22. The molecular formula is C25H34N4O3. The minimum Gasteiger partial charge on any atom is -0.493 e. The summed E-state index contributed by atoms with van der Waals surface area (Å²) in [4.78, 5) is 21.0. The van der Waals surface area contributed by atoms with E-state index >= 15 is 0 Å². The van der Waals surface area contributed by atoms with Crippen molar-refractivity contribution in [1.82, 2.24) is 15.1 Å². The molecule has 0 unspecified atom stereocenters. The predicted octanol–water partition coefficient (Wildman–Crippen LogP) is 3.34. The SMILES string of the molecule is CN=C(NCCCC(=O)N1Cc2ccccc2C1)N(C)Cc1cc(OC)c(OC)cc1C. The quantitative estimate of drug-likeness (QED) is 0.389. The first-order valence-electron chi connectivity index (χ1n) is 10.9. The second-order valence-corrected chi connectivity index (χ2v) is 8.09. The van der Waals surface area contributed by atoms with Crippen LogP contribution in [0.25, 0.3) is 0 Å². The molecule has 0 aliphatic carbocycles. The maximum Gasteiger partial charge on any atom is 0.223 e. The Labute approximate surface area is 191 Å². The van der Waals surface area contributed by atoms with E-state index in [0.717, 1.165) is 42.3 Å². The van der Waals surface area contributed by atoms with E-state index in [2.05, 4.69) is 34.3 Å². The highest BCUT2D eigenvalue weighted by Crippen LogP contribution is 2.30. The van der Waals surface area contributed by atoms with Crippen LogP contribution in [-0.4, -0.2) is 56.5 Å². The summed E-state index contributed by atoms with van der Waals surface area (Å²) in [6.07, 6.45) is 1.28. The molecular weight excluding hydrogens is 404 g/mol. The number of ether oxygens (including phenoxy) is 2. The third kappa shape index (κ3) is 5.52. The smallest absolute Gasteiger partial charge is 0.223 e. The number of benzene rings is 2. The van der Waals surface area contributed by atoms with Crippen LogP contribution in [0.5, 0.6) is 11.5 Å². The normalized spacial score (nSPS) is 13.0. The highest BCUT2D eigenvalue weighted by atomic mass is 16.5. The first-order valence-corrected chi connectivity index (χ1v) is 10.9. The molecule has 1 amide bonds. The number of methoxy groups -OCH3 is 2. The van der Waals surface area contributed by atoms with Gasteiger partial charge in [0.2, 0.25) is 5.91 Å². The van der Waals surface area contributed by atoms with E-state index in [4.69, 9.17) is 9.47 Å². The molecule has 0 fully saturated rings. The number of aryl methyl sites for hydroxylation is 1. The van der Waals surface area contributed by atoms with Crippen molar-refractivity contribution < 1.29 is 14.3 Å². The fourth-order valence-electron chi connectivity index (χ4n) is 4.02. The average molecular weight is 439 g/mol. The number of rotatable bonds is 8. The number of hydrogen-bond donors (Lipinski definition) is 1. The van der Waals surface area contributed by atoms with Crippen LogP contribution in [0.15, 0.2) is 41.4 Å². The van der Waals surface area contributed by atoms with Crippen LogP contribution in [0.1, 0.15) is 35.1 Å². The Morgan fingerprint density at radius 2 is 1.75 bits per heavy atom. The Morgan fingerprint density at radius 3 is 2.34 bits per heavy atom. The fraction of sp³-hybridized carbons (Fsp3) is 0.440. The van der Waals surface area contributed by atoms with Crippen molar-refractivity contribution in [3.63, 3.8) is 0 Å². The molecule has 2 aromatic carbocycles. The first-order chi connectivity index (χ1) is 15.5. The second-order valence-electron chi connectivity index (χ2n) is 8.09. The Morgan fingerprint density at radius 1 is 1.12 bits per heavy atom. The molecule has 1 aliphatic rings. The number of carbonyl (C=O) groups is 1. The summed E-state index contributed by atoms with van der Waals surface area (Å²) >= 11 is 0. The molecule has 1 heterocycles. The monoisotopic (exact) mass is 438 g/mol. The van der Waals surface area contributed by atoms with E-state index in [1.165, 1.54) is 11.1 Å². The number of nitrogens with one attached hydrogen (secondary N) is 1. The van der Waals surface area contributed by atoms with E-state index in [9.17, 15) is 4.79 Å². The molecule has 172 valence electrons. The molecule has 0 atom stereocenters. The lowest BCUT2D eigenvalue weighted by Crippen LogP contribution is -2.39. The summed E-state index contributed by atoms with van der Waals surface area (Å²) in [5.41, 5.74) is 4.77. The number of guanidine groups is 1. The van der Waals surface area contributed by atoms with Gasteiger partial charge in [0.05, 0.1) is 14.2 Å². The summed E-state index contributed by atoms with van der Waals surface area (Å²) in [7, 11) is 7.05. The van der Waals surface area contributed by atoms with E-state index in [0.29, 0.717) is 25.3 Å². The van der Waals surface area contributed by atoms with Crippen molar-refractivity contribution in [2.45, 2.75) is 39.4 Å². The van der Waals surface area contributed by atoms with Crippen molar-refractivity contribution in [3.05, 3.63) is 58.7 Å². The Balaban J connectivity index is 1.47. The lowest BCUT2D eigenvalue weighted by molar-refractivity contribution is -0.131. The standard InChI is InChI=1S/C25H34N4O3/c1-18-13-22(31-4)23(32-5)14-21(18)15-28(3)25(26-2)27-12-8-11-24(30)29-16-19-9-6-7-10-20(19)17-29/h6-7,9-10,13-14H,8,11-12,15-17H2,1-5H3,(H,26,27). The minimum absolute atomic E-state index is 0.201. The van der Waals surface area contributed by atoms with Crippen molar-refractivity contribution in [2.24, 2.45) is 4.99 Å². The summed E-state index contributed by atoms with van der Waals surface area (Å²) in [6.45, 7) is 4.86. The van der Waals surface area contributed by atoms with Gasteiger partial charge in [-0.3, -0.25) is 9.79 Å². The van der Waals surface area contributed by atoms with Crippen LogP contribution in [-0.2, 0) is 24.4 Å². The molecule has 0 saturated heterocycles. The zero-order chi connectivity index (χ0) is 23.1. The van der Waals surface area contributed by atoms with Gasteiger partial charge >= 0.3 is 0 Å². The summed E-state index contributed by atoms with van der Waals surface area (Å²) in [5, 5.41) is 3.37. The molecule has 0 saturated carbocycles. The molecule has 0 aromatic heterocycles. The maximum absolute atomic E-state index is 12.6. The van der Waals surface area contributed by atoms with Crippen molar-refractivity contribution >= 4 is 11.9 Å². The number of amides is 1. The molecule has 0 spiro atoms. The van der Waals surface area contributed by atoms with Gasteiger partial charge in [0, 0.05) is 46.7 Å². The largest absolute Gasteiger partial charge is 0.493 e. The van der Waals surface area contributed by atoms with Crippen LogP contribution in [0, 0.1) is 6.92 Å². The third-order valence-electron chi connectivity index (χ3n) is 5.87. The van der Waals surface area contributed by atoms with Gasteiger partial charge in [-0.2, -0.15) is 0 Å². The van der Waals surface area contributed by atoms with Gasteiger partial charge in [-0.25, -0.2) is 0 Å². The van der Waals surface area contributed by atoms with Crippen LogP contribution >= 0.6 is 0 Å². The summed E-state index contributed by atoms with van der Waals surface area (Å²) in [5.74, 6) is 2.43. The first kappa shape index (κ1) is 23.4. The van der Waals surface area contributed by atoms with Gasteiger partial charge in [-0.05, 0) is 47.7 Å². The highest BCUT2D eigenvalue weighted by molar-refractivity contribution is 5.80. The molecule has 0 bridgehead atoms. The molecule has 1 N–H and O–H groups in total. The molecule has 0 radical (unpaired) electrons. The number of aliphatic imine (C=N–C) groups is 1. The maximum atomic E-state index is 12.6. The minimum atomic E-state index is 0.201.